The van der Waals surface area contributed by atoms with E-state index < -0.39 is 0 Å². The van der Waals surface area contributed by atoms with Crippen LogP contribution in [-0.2, 0) is 4.79 Å². The zero-order chi connectivity index (χ0) is 12.8. The molecule has 0 aliphatic carbocycles. The van der Waals surface area contributed by atoms with Gasteiger partial charge in [-0.05, 0) is 25.9 Å². The Labute approximate surface area is 134 Å². The topological polar surface area (TPSA) is 35.6 Å². The Kier molecular flexibility index (Phi) is 10.3. The van der Waals surface area contributed by atoms with Crippen LogP contribution in [0.25, 0.3) is 0 Å². The van der Waals surface area contributed by atoms with Crippen LogP contribution >= 0.6 is 24.8 Å². The van der Waals surface area contributed by atoms with Gasteiger partial charge in [-0.2, -0.15) is 0 Å². The van der Waals surface area contributed by atoms with Crippen molar-refractivity contribution in [2.45, 2.75) is 31.7 Å². The van der Waals surface area contributed by atoms with Crippen LogP contribution in [0.5, 0.6) is 0 Å². The van der Waals surface area contributed by atoms with Crippen molar-refractivity contribution in [2.75, 3.05) is 39.8 Å². The summed E-state index contributed by atoms with van der Waals surface area (Å²) in [5.41, 5.74) is 0. The fraction of sp³-hybridized carbons (Fsp3) is 0.786. The second-order valence-electron chi connectivity index (χ2n) is 5.33. The van der Waals surface area contributed by atoms with E-state index >= 15 is 0 Å². The van der Waals surface area contributed by atoms with Crippen LogP contribution in [0.15, 0.2) is 12.2 Å². The molecule has 0 radical (unpaired) electrons. The van der Waals surface area contributed by atoms with Gasteiger partial charge in [0.15, 0.2) is 0 Å². The zero-order valence-electron chi connectivity index (χ0n) is 12.2. The minimum atomic E-state index is -0.0980. The second kappa shape index (κ2) is 10.4. The highest BCUT2D eigenvalue weighted by Gasteiger charge is 2.21. The van der Waals surface area contributed by atoms with E-state index in [1.165, 1.54) is 38.8 Å². The van der Waals surface area contributed by atoms with Gasteiger partial charge in [-0.3, -0.25) is 10.1 Å². The largest absolute Gasteiger partial charge is 0.343 e. The van der Waals surface area contributed by atoms with Gasteiger partial charge in [-0.1, -0.05) is 25.0 Å². The number of halogens is 2. The number of likely N-dealkylation sites (tertiary alicyclic amines) is 1. The number of likely N-dealkylation sites (N-methyl/N-ethyl adjacent to an activating group) is 1. The SMILES string of the molecule is CN(CCN1CCCCCC1)C(=O)C1C=CCN1.Cl.Cl. The Morgan fingerprint density at radius 3 is 2.45 bits per heavy atom. The molecule has 1 fully saturated rings. The molecular formula is C14H27Cl2N3O. The van der Waals surface area contributed by atoms with E-state index in [0.717, 1.165) is 19.6 Å². The Morgan fingerprint density at radius 2 is 1.90 bits per heavy atom. The number of hydrogen-bond acceptors (Lipinski definition) is 3. The normalized spacial score (nSPS) is 22.6. The number of amides is 1. The van der Waals surface area contributed by atoms with Gasteiger partial charge < -0.3 is 9.80 Å². The molecule has 118 valence electrons. The quantitative estimate of drug-likeness (QED) is 0.800. The van der Waals surface area contributed by atoms with Gasteiger partial charge in [0.05, 0.1) is 0 Å². The molecule has 2 aliphatic heterocycles. The van der Waals surface area contributed by atoms with Gasteiger partial charge in [-0.15, -0.1) is 24.8 Å². The Balaban J connectivity index is 0.00000180. The van der Waals surface area contributed by atoms with Gasteiger partial charge in [0.25, 0.3) is 0 Å². The molecule has 2 aliphatic rings. The summed E-state index contributed by atoms with van der Waals surface area (Å²) in [4.78, 5) is 16.4. The predicted octanol–water partition coefficient (Wildman–Crippen LogP) is 1.69. The Morgan fingerprint density at radius 1 is 1.25 bits per heavy atom. The molecule has 0 saturated carbocycles. The average Bonchev–Trinajstić information content (AvgIpc) is 2.79. The molecule has 1 amide bonds. The molecule has 0 aromatic carbocycles. The highest BCUT2D eigenvalue weighted by atomic mass is 35.5. The van der Waals surface area contributed by atoms with Crippen molar-refractivity contribution in [3.63, 3.8) is 0 Å². The molecule has 1 saturated heterocycles. The van der Waals surface area contributed by atoms with E-state index in [1.54, 1.807) is 0 Å². The minimum absolute atomic E-state index is 0. The maximum absolute atomic E-state index is 12.1. The van der Waals surface area contributed by atoms with Gasteiger partial charge in [0.2, 0.25) is 5.91 Å². The van der Waals surface area contributed by atoms with E-state index in [4.69, 9.17) is 0 Å². The molecule has 6 heteroatoms. The molecule has 1 N–H and O–H groups in total. The number of rotatable bonds is 4. The average molecular weight is 324 g/mol. The maximum atomic E-state index is 12.1. The van der Waals surface area contributed by atoms with E-state index in [2.05, 4.69) is 10.2 Å². The summed E-state index contributed by atoms with van der Waals surface area (Å²) in [7, 11) is 1.91. The van der Waals surface area contributed by atoms with Crippen molar-refractivity contribution in [3.05, 3.63) is 12.2 Å². The van der Waals surface area contributed by atoms with Crippen LogP contribution in [0, 0.1) is 0 Å². The van der Waals surface area contributed by atoms with Crippen molar-refractivity contribution in [2.24, 2.45) is 0 Å². The van der Waals surface area contributed by atoms with E-state index in [-0.39, 0.29) is 36.8 Å². The first-order valence-corrected chi connectivity index (χ1v) is 7.15. The molecule has 0 spiro atoms. The predicted molar refractivity (Wildman–Crippen MR) is 88.0 cm³/mol. The molecule has 1 unspecified atom stereocenters. The maximum Gasteiger partial charge on any atom is 0.243 e. The van der Waals surface area contributed by atoms with Crippen LogP contribution < -0.4 is 5.32 Å². The third kappa shape index (κ3) is 6.00. The molecule has 1 atom stereocenters. The van der Waals surface area contributed by atoms with Crippen LogP contribution in [0.4, 0.5) is 0 Å². The molecule has 0 aromatic heterocycles. The van der Waals surface area contributed by atoms with Crippen molar-refractivity contribution in [1.29, 1.82) is 0 Å². The number of carbonyl (C=O) groups is 1. The summed E-state index contributed by atoms with van der Waals surface area (Å²) in [6.45, 7) is 5.06. The lowest BCUT2D eigenvalue weighted by Gasteiger charge is -2.25. The summed E-state index contributed by atoms with van der Waals surface area (Å²) < 4.78 is 0. The first kappa shape index (κ1) is 19.7. The Bertz CT molecular complexity index is 305. The monoisotopic (exact) mass is 323 g/mol. The molecule has 20 heavy (non-hydrogen) atoms. The van der Waals surface area contributed by atoms with Crippen LogP contribution in [0.3, 0.4) is 0 Å². The Hall–Kier alpha value is -0.290. The molecule has 2 heterocycles. The summed E-state index contributed by atoms with van der Waals surface area (Å²) in [5.74, 6) is 0.193. The minimum Gasteiger partial charge on any atom is -0.343 e. The van der Waals surface area contributed by atoms with E-state index in [9.17, 15) is 4.79 Å². The van der Waals surface area contributed by atoms with Gasteiger partial charge >= 0.3 is 0 Å². The molecule has 0 aromatic rings. The van der Waals surface area contributed by atoms with Crippen molar-refractivity contribution in [1.82, 2.24) is 15.1 Å². The van der Waals surface area contributed by atoms with E-state index in [1.807, 2.05) is 24.1 Å². The molecule has 4 nitrogen and oxygen atoms in total. The molecule has 2 rings (SSSR count). The van der Waals surface area contributed by atoms with Gasteiger partial charge in [0.1, 0.15) is 6.04 Å². The van der Waals surface area contributed by atoms with Gasteiger partial charge in [-0.25, -0.2) is 0 Å². The lowest BCUT2D eigenvalue weighted by molar-refractivity contribution is -0.130. The fourth-order valence-electron chi connectivity index (χ4n) is 2.64. The number of nitrogens with zero attached hydrogens (tertiary/aromatic N) is 2. The number of hydrogen-bond donors (Lipinski definition) is 1. The summed E-state index contributed by atoms with van der Waals surface area (Å²) in [5, 5.41) is 3.17. The van der Waals surface area contributed by atoms with Crippen molar-refractivity contribution < 1.29 is 4.79 Å². The van der Waals surface area contributed by atoms with Crippen LogP contribution in [0.1, 0.15) is 25.7 Å². The smallest absolute Gasteiger partial charge is 0.243 e. The molecule has 0 bridgehead atoms. The van der Waals surface area contributed by atoms with E-state index in [0.29, 0.717) is 0 Å². The highest BCUT2D eigenvalue weighted by molar-refractivity contribution is 5.85. The van der Waals surface area contributed by atoms with Crippen LogP contribution in [-0.4, -0.2) is 61.5 Å². The number of nitrogens with one attached hydrogen (secondary N) is 1. The summed E-state index contributed by atoms with van der Waals surface area (Å²) >= 11 is 0. The third-order valence-electron chi connectivity index (χ3n) is 3.88. The molecular weight excluding hydrogens is 297 g/mol. The first-order valence-electron chi connectivity index (χ1n) is 7.15. The highest BCUT2D eigenvalue weighted by Crippen LogP contribution is 2.09. The third-order valence-corrected chi connectivity index (χ3v) is 3.88. The summed E-state index contributed by atoms with van der Waals surface area (Å²) in [6.07, 6.45) is 9.33. The van der Waals surface area contributed by atoms with Crippen molar-refractivity contribution in [3.8, 4) is 0 Å². The van der Waals surface area contributed by atoms with Crippen LogP contribution in [0.2, 0.25) is 0 Å². The van der Waals surface area contributed by atoms with Gasteiger partial charge in [0, 0.05) is 26.7 Å². The number of carbonyl (C=O) groups excluding carboxylic acids is 1. The standard InChI is InChI=1S/C14H25N3O.2ClH/c1-16(14(18)13-7-6-8-15-13)11-12-17-9-4-2-3-5-10-17;;/h6-7,13,15H,2-5,8-12H2,1H3;2*1H. The lowest BCUT2D eigenvalue weighted by atomic mass is 10.2. The fourth-order valence-corrected chi connectivity index (χ4v) is 2.64. The zero-order valence-corrected chi connectivity index (χ0v) is 13.8. The summed E-state index contributed by atoms with van der Waals surface area (Å²) in [6, 6.07) is -0.0980. The first-order chi connectivity index (χ1) is 8.77. The lowest BCUT2D eigenvalue weighted by Crippen LogP contribution is -2.44. The van der Waals surface area contributed by atoms with Crippen molar-refractivity contribution >= 4 is 30.7 Å². The second-order valence-corrected chi connectivity index (χ2v) is 5.33.